The van der Waals surface area contributed by atoms with Crippen LogP contribution in [0, 0.1) is 0 Å². The quantitative estimate of drug-likeness (QED) is 0.269. The number of isocyanates is 1. The largest absolute Gasteiger partial charge is 0.438 e. The first kappa shape index (κ1) is 5.86. The van der Waals surface area contributed by atoms with E-state index >= 15 is 0 Å². The van der Waals surface area contributed by atoms with E-state index in [0.717, 1.165) is 0 Å². The van der Waals surface area contributed by atoms with Gasteiger partial charge in [-0.2, -0.15) is 4.79 Å². The van der Waals surface area contributed by atoms with Crippen LogP contribution < -0.4 is 0 Å². The van der Waals surface area contributed by atoms with E-state index in [-0.39, 0.29) is 0 Å². The molecule has 46 valence electrons. The van der Waals surface area contributed by atoms with Crippen LogP contribution in [-0.4, -0.2) is 27.9 Å². The maximum absolute atomic E-state index is 10.0. The fourth-order valence-corrected chi connectivity index (χ4v) is 2.54. The molecule has 8 heavy (non-hydrogen) atoms. The van der Waals surface area contributed by atoms with E-state index < -0.39 is 10.2 Å². The first-order valence-electron chi connectivity index (χ1n) is 2.50. The Kier molecular flexibility index (Phi) is 0.999. The summed E-state index contributed by atoms with van der Waals surface area (Å²) in [7, 11) is -0.677. The zero-order chi connectivity index (χ0) is 6.36. The second-order valence-corrected chi connectivity index (χ2v) is 6.14. The van der Waals surface area contributed by atoms with Crippen molar-refractivity contribution < 1.29 is 8.78 Å². The minimum absolute atomic E-state index is 0.472. The molecule has 1 aliphatic heterocycles. The van der Waals surface area contributed by atoms with Crippen molar-refractivity contribution in [3.8, 4) is 0 Å². The van der Waals surface area contributed by atoms with Gasteiger partial charge < -0.3 is 0 Å². The van der Waals surface area contributed by atoms with E-state index in [1.54, 1.807) is 3.98 Å². The van der Waals surface area contributed by atoms with E-state index in [1.165, 1.54) is 0 Å². The summed E-state index contributed by atoms with van der Waals surface area (Å²) >= 11 is 0. The number of nitrogens with zero attached hydrogens (tertiary/aromatic N) is 1. The van der Waals surface area contributed by atoms with Gasteiger partial charge in [0.15, 0.2) is 0 Å². The molecule has 0 radical (unpaired) electrons. The molecule has 0 aromatic heterocycles. The third kappa shape index (κ3) is 0.518. The van der Waals surface area contributed by atoms with Crippen LogP contribution in [0.5, 0.6) is 0 Å². The average Bonchev–Trinajstić information content (AvgIpc) is 2.09. The van der Waals surface area contributed by atoms with E-state index in [2.05, 4.69) is 19.4 Å². The van der Waals surface area contributed by atoms with Crippen molar-refractivity contribution in [3.63, 3.8) is 0 Å². The molecule has 0 unspecified atom stereocenters. The molecule has 2 nitrogen and oxygen atoms in total. The number of hydrogen-bond acceptors (Lipinski definition) is 1. The third-order valence-electron chi connectivity index (χ3n) is 1.72. The Bertz CT molecular complexity index is 169. The smallest absolute Gasteiger partial charge is 0.158 e. The average molecular weight is 132 g/mol. The summed E-state index contributed by atoms with van der Waals surface area (Å²) in [5.41, 5.74) is 0. The molecule has 1 heterocycles. The van der Waals surface area contributed by atoms with Crippen molar-refractivity contribution in [1.82, 2.24) is 0 Å². The molecule has 1 rings (SSSR count). The van der Waals surface area contributed by atoms with Crippen molar-refractivity contribution >= 4 is 16.3 Å². The molecule has 0 N–H and O–H groups in total. The molecule has 0 aromatic rings. The van der Waals surface area contributed by atoms with Gasteiger partial charge in [0.05, 0.1) is 0 Å². The predicted octanol–water partition coefficient (Wildman–Crippen LogP) is 0.673. The Hall–Kier alpha value is -0.270. The summed E-state index contributed by atoms with van der Waals surface area (Å²) in [4.78, 5) is 10.0. The van der Waals surface area contributed by atoms with Gasteiger partial charge in [-0.1, -0.05) is 3.98 Å². The zero-order valence-corrected chi connectivity index (χ0v) is 6.16. The summed E-state index contributed by atoms with van der Waals surface area (Å²) in [5, 5.41) is 0.472. The van der Waals surface area contributed by atoms with Crippen molar-refractivity contribution in [1.29, 1.82) is 0 Å². The van der Waals surface area contributed by atoms with E-state index in [1.807, 2.05) is 6.08 Å². The van der Waals surface area contributed by atoms with Crippen LogP contribution >= 0.6 is 10.2 Å². The molecule has 0 aliphatic carbocycles. The molecule has 0 spiro atoms. The number of carbonyl (C=O) groups excluding carboxylic acids is 1. The van der Waals surface area contributed by atoms with Gasteiger partial charge in [0.1, 0.15) is 0 Å². The summed E-state index contributed by atoms with van der Waals surface area (Å²) in [6.45, 7) is 2.06. The zero-order valence-electron chi connectivity index (χ0n) is 5.34. The van der Waals surface area contributed by atoms with E-state index in [9.17, 15) is 4.79 Å². The van der Waals surface area contributed by atoms with Gasteiger partial charge >= 0.3 is 6.08 Å². The molecule has 1 fully saturated rings. The van der Waals surface area contributed by atoms with Gasteiger partial charge in [-0.05, 0) is 0 Å². The molecule has 3 heteroatoms. The third-order valence-corrected chi connectivity index (χ3v) is 4.79. The predicted molar refractivity (Wildman–Crippen MR) is 34.9 cm³/mol. The molecule has 1 saturated heterocycles. The SMILES string of the molecule is C[C@H]1[N+](=C=O)S1(C)C. The lowest BCUT2D eigenvalue weighted by molar-refractivity contribution is -0.278. The first-order valence-corrected chi connectivity index (χ1v) is 4.97. The summed E-state index contributed by atoms with van der Waals surface area (Å²) in [6.07, 6.45) is 6.13. The fourth-order valence-electron chi connectivity index (χ4n) is 0.710. The lowest BCUT2D eigenvalue weighted by atomic mass is 10.8. The molecule has 0 aromatic carbocycles. The summed E-state index contributed by atoms with van der Waals surface area (Å²) in [6, 6.07) is 0. The molecule has 0 bridgehead atoms. The fraction of sp³-hybridized carbons (Fsp3) is 0.800. The Balaban J connectivity index is 2.88. The van der Waals surface area contributed by atoms with Gasteiger partial charge in [0.2, 0.25) is 0 Å². The minimum atomic E-state index is -0.677. The van der Waals surface area contributed by atoms with Gasteiger partial charge in [0, 0.05) is 29.6 Å². The molecule has 1 aliphatic rings. The molecule has 0 amide bonds. The molecule has 1 atom stereocenters. The van der Waals surface area contributed by atoms with Crippen molar-refractivity contribution in [2.75, 3.05) is 12.5 Å². The number of rotatable bonds is 0. The van der Waals surface area contributed by atoms with Gasteiger partial charge in [-0.3, -0.25) is 0 Å². The summed E-state index contributed by atoms with van der Waals surface area (Å²) in [5.74, 6) is 0. The first-order chi connectivity index (χ1) is 3.60. The van der Waals surface area contributed by atoms with Crippen LogP contribution in [0.25, 0.3) is 0 Å². The highest BCUT2D eigenvalue weighted by atomic mass is 32.3. The van der Waals surface area contributed by atoms with Gasteiger partial charge in [-0.15, -0.1) is 0 Å². The standard InChI is InChI=1S/C5H10NOS/c1-5-6(4-7)8(5,2)3/h5H,1-3H3/q+1/t5-/m0/s1. The van der Waals surface area contributed by atoms with Crippen molar-refractivity contribution in [3.05, 3.63) is 0 Å². The van der Waals surface area contributed by atoms with Crippen LogP contribution in [0.15, 0.2) is 0 Å². The molecular formula is C5H10NOS+. The van der Waals surface area contributed by atoms with E-state index in [0.29, 0.717) is 5.37 Å². The number of hydrogen-bond donors (Lipinski definition) is 0. The highest BCUT2D eigenvalue weighted by molar-refractivity contribution is 8.32. The monoisotopic (exact) mass is 132 g/mol. The van der Waals surface area contributed by atoms with Crippen molar-refractivity contribution in [2.24, 2.45) is 0 Å². The van der Waals surface area contributed by atoms with Crippen molar-refractivity contribution in [2.45, 2.75) is 12.3 Å². The highest BCUT2D eigenvalue weighted by Gasteiger charge is 2.57. The minimum Gasteiger partial charge on any atom is -0.158 e. The van der Waals surface area contributed by atoms with Gasteiger partial charge in [0.25, 0.3) is 5.37 Å². The Labute approximate surface area is 50.7 Å². The second kappa shape index (κ2) is 1.36. The maximum Gasteiger partial charge on any atom is 0.438 e. The van der Waals surface area contributed by atoms with Crippen LogP contribution in [-0.2, 0) is 4.79 Å². The molecular weight excluding hydrogens is 122 g/mol. The topological polar surface area (TPSA) is 20.1 Å². The van der Waals surface area contributed by atoms with E-state index in [4.69, 9.17) is 0 Å². The normalized spacial score (nSPS) is 35.9. The maximum atomic E-state index is 10.0. The highest BCUT2D eigenvalue weighted by Crippen LogP contribution is 2.62. The lowest BCUT2D eigenvalue weighted by Gasteiger charge is -1.83. The second-order valence-electron chi connectivity index (χ2n) is 2.37. The van der Waals surface area contributed by atoms with Gasteiger partial charge in [-0.25, -0.2) is 0 Å². The van der Waals surface area contributed by atoms with Crippen LogP contribution in [0.3, 0.4) is 0 Å². The lowest BCUT2D eigenvalue weighted by Crippen LogP contribution is -1.75. The Morgan fingerprint density at radius 3 is 2.00 bits per heavy atom. The summed E-state index contributed by atoms with van der Waals surface area (Å²) < 4.78 is 1.76. The van der Waals surface area contributed by atoms with Crippen LogP contribution in [0.1, 0.15) is 6.92 Å². The Morgan fingerprint density at radius 1 is 1.62 bits per heavy atom. The van der Waals surface area contributed by atoms with Crippen LogP contribution in [0.4, 0.5) is 0 Å². The molecule has 0 saturated carbocycles. The Morgan fingerprint density at radius 2 is 2.00 bits per heavy atom. The van der Waals surface area contributed by atoms with Crippen LogP contribution in [0.2, 0.25) is 0 Å².